The van der Waals surface area contributed by atoms with E-state index in [0.29, 0.717) is 17.3 Å². The zero-order valence-electron chi connectivity index (χ0n) is 14.0. The lowest BCUT2D eigenvalue weighted by atomic mass is 10.2. The number of benzene rings is 1. The Morgan fingerprint density at radius 3 is 2.83 bits per heavy atom. The summed E-state index contributed by atoms with van der Waals surface area (Å²) in [7, 11) is 1.60. The summed E-state index contributed by atoms with van der Waals surface area (Å²) in [4.78, 5) is 12.7. The Hall–Kier alpha value is -2.28. The van der Waals surface area contributed by atoms with Crippen molar-refractivity contribution in [2.24, 2.45) is 5.92 Å². The summed E-state index contributed by atoms with van der Waals surface area (Å²) in [5.74, 6) is 2.30. The third-order valence-corrected chi connectivity index (χ3v) is 4.67. The standard InChI is InChI=1S/C17H20N4O2S/c1-12(2)7-10-24-17-19-18-15-16(22)20(8-9-21(15)17)13-5-4-6-14(11-13)23-3/h4-6,8-9,11-12H,7,10H2,1-3H3. The molecule has 7 heteroatoms. The molecule has 0 radical (unpaired) electrons. The van der Waals surface area contributed by atoms with Crippen molar-refractivity contribution in [2.45, 2.75) is 25.4 Å². The molecular weight excluding hydrogens is 324 g/mol. The predicted molar refractivity (Wildman–Crippen MR) is 95.3 cm³/mol. The summed E-state index contributed by atoms with van der Waals surface area (Å²) < 4.78 is 8.52. The van der Waals surface area contributed by atoms with E-state index >= 15 is 0 Å². The zero-order valence-corrected chi connectivity index (χ0v) is 14.8. The van der Waals surface area contributed by atoms with Gasteiger partial charge in [0.15, 0.2) is 5.16 Å². The van der Waals surface area contributed by atoms with Gasteiger partial charge in [0, 0.05) is 24.2 Å². The zero-order chi connectivity index (χ0) is 17.1. The molecule has 126 valence electrons. The molecule has 0 aliphatic heterocycles. The Labute approximate surface area is 144 Å². The van der Waals surface area contributed by atoms with Crippen molar-refractivity contribution in [1.82, 2.24) is 19.2 Å². The van der Waals surface area contributed by atoms with Gasteiger partial charge in [-0.25, -0.2) is 0 Å². The predicted octanol–water partition coefficient (Wildman–Crippen LogP) is 3.03. The fraction of sp³-hybridized carbons (Fsp3) is 0.353. The van der Waals surface area contributed by atoms with Crippen molar-refractivity contribution in [2.75, 3.05) is 12.9 Å². The van der Waals surface area contributed by atoms with Crippen molar-refractivity contribution in [1.29, 1.82) is 0 Å². The number of nitrogens with zero attached hydrogens (tertiary/aromatic N) is 4. The number of hydrogen-bond donors (Lipinski definition) is 0. The van der Waals surface area contributed by atoms with Gasteiger partial charge in [0.05, 0.1) is 12.8 Å². The molecule has 2 heterocycles. The highest BCUT2D eigenvalue weighted by Crippen LogP contribution is 2.19. The van der Waals surface area contributed by atoms with Crippen LogP contribution in [-0.4, -0.2) is 32.0 Å². The Balaban J connectivity index is 1.95. The molecule has 2 aromatic heterocycles. The maximum atomic E-state index is 12.7. The van der Waals surface area contributed by atoms with E-state index in [4.69, 9.17) is 4.74 Å². The Bertz CT molecular complexity index is 901. The number of ether oxygens (including phenoxy) is 1. The number of methoxy groups -OCH3 is 1. The van der Waals surface area contributed by atoms with Gasteiger partial charge in [-0.3, -0.25) is 13.8 Å². The van der Waals surface area contributed by atoms with Crippen LogP contribution < -0.4 is 10.3 Å². The van der Waals surface area contributed by atoms with Gasteiger partial charge in [-0.1, -0.05) is 31.7 Å². The number of rotatable bonds is 6. The summed E-state index contributed by atoms with van der Waals surface area (Å²) in [5, 5.41) is 8.98. The third kappa shape index (κ3) is 3.31. The van der Waals surface area contributed by atoms with Crippen molar-refractivity contribution < 1.29 is 4.74 Å². The van der Waals surface area contributed by atoms with E-state index in [1.165, 1.54) is 0 Å². The highest BCUT2D eigenvalue weighted by atomic mass is 32.2. The maximum absolute atomic E-state index is 12.7. The van der Waals surface area contributed by atoms with Crippen LogP contribution in [0.2, 0.25) is 0 Å². The van der Waals surface area contributed by atoms with Crippen LogP contribution in [0.4, 0.5) is 0 Å². The van der Waals surface area contributed by atoms with Crippen LogP contribution in [-0.2, 0) is 0 Å². The van der Waals surface area contributed by atoms with E-state index in [9.17, 15) is 4.79 Å². The van der Waals surface area contributed by atoms with Crippen LogP contribution in [0.3, 0.4) is 0 Å². The molecule has 0 saturated heterocycles. The first kappa shape index (κ1) is 16.6. The topological polar surface area (TPSA) is 61.4 Å². The van der Waals surface area contributed by atoms with Gasteiger partial charge in [0.2, 0.25) is 5.65 Å². The van der Waals surface area contributed by atoms with E-state index in [1.54, 1.807) is 34.0 Å². The van der Waals surface area contributed by atoms with Gasteiger partial charge in [-0.15, -0.1) is 10.2 Å². The van der Waals surface area contributed by atoms with Gasteiger partial charge in [-0.05, 0) is 24.5 Å². The number of thioether (sulfide) groups is 1. The molecule has 6 nitrogen and oxygen atoms in total. The molecule has 24 heavy (non-hydrogen) atoms. The molecule has 3 rings (SSSR count). The average molecular weight is 344 g/mol. The number of hydrogen-bond acceptors (Lipinski definition) is 5. The molecule has 0 spiro atoms. The van der Waals surface area contributed by atoms with Crippen LogP contribution in [0.15, 0.2) is 46.6 Å². The van der Waals surface area contributed by atoms with E-state index < -0.39 is 0 Å². The largest absolute Gasteiger partial charge is 0.497 e. The van der Waals surface area contributed by atoms with E-state index in [1.807, 2.05) is 30.5 Å². The molecule has 0 unspecified atom stereocenters. The molecule has 0 aliphatic rings. The molecule has 3 aromatic rings. The molecule has 0 bridgehead atoms. The summed E-state index contributed by atoms with van der Waals surface area (Å²) in [6.45, 7) is 4.38. The van der Waals surface area contributed by atoms with Gasteiger partial charge in [0.25, 0.3) is 0 Å². The maximum Gasteiger partial charge on any atom is 0.300 e. The van der Waals surface area contributed by atoms with E-state index in [-0.39, 0.29) is 5.56 Å². The number of fused-ring (bicyclic) bond motifs is 1. The number of aromatic nitrogens is 4. The molecule has 1 aromatic carbocycles. The highest BCUT2D eigenvalue weighted by Gasteiger charge is 2.12. The van der Waals surface area contributed by atoms with Crippen molar-refractivity contribution >= 4 is 17.4 Å². The van der Waals surface area contributed by atoms with Crippen LogP contribution in [0.25, 0.3) is 11.3 Å². The lowest BCUT2D eigenvalue weighted by Crippen LogP contribution is -2.20. The Morgan fingerprint density at radius 2 is 2.08 bits per heavy atom. The van der Waals surface area contributed by atoms with Gasteiger partial charge >= 0.3 is 5.56 Å². The van der Waals surface area contributed by atoms with Gasteiger partial charge in [0.1, 0.15) is 5.75 Å². The minimum absolute atomic E-state index is 0.200. The fourth-order valence-corrected chi connectivity index (χ4v) is 3.47. The van der Waals surface area contributed by atoms with Crippen molar-refractivity contribution in [3.63, 3.8) is 0 Å². The summed E-state index contributed by atoms with van der Waals surface area (Å²) in [6, 6.07) is 7.36. The van der Waals surface area contributed by atoms with Crippen LogP contribution >= 0.6 is 11.8 Å². The molecule has 0 saturated carbocycles. The first-order chi connectivity index (χ1) is 11.6. The van der Waals surface area contributed by atoms with Crippen LogP contribution in [0, 0.1) is 5.92 Å². The molecule has 0 fully saturated rings. The van der Waals surface area contributed by atoms with Crippen molar-refractivity contribution in [3.05, 3.63) is 47.0 Å². The van der Waals surface area contributed by atoms with Gasteiger partial charge < -0.3 is 4.74 Å². The van der Waals surface area contributed by atoms with Crippen molar-refractivity contribution in [3.8, 4) is 11.4 Å². The highest BCUT2D eigenvalue weighted by molar-refractivity contribution is 7.99. The monoisotopic (exact) mass is 344 g/mol. The molecule has 0 amide bonds. The van der Waals surface area contributed by atoms with Crippen LogP contribution in [0.5, 0.6) is 5.75 Å². The quantitative estimate of drug-likeness (QED) is 0.643. The minimum atomic E-state index is -0.200. The van der Waals surface area contributed by atoms with Gasteiger partial charge in [-0.2, -0.15) is 0 Å². The average Bonchev–Trinajstić information content (AvgIpc) is 2.99. The smallest absolute Gasteiger partial charge is 0.300 e. The molecule has 0 atom stereocenters. The first-order valence-corrected chi connectivity index (χ1v) is 8.82. The summed E-state index contributed by atoms with van der Waals surface area (Å²) in [6.07, 6.45) is 4.66. The fourth-order valence-electron chi connectivity index (χ4n) is 2.31. The second-order valence-corrected chi connectivity index (χ2v) is 6.94. The summed E-state index contributed by atoms with van der Waals surface area (Å²) >= 11 is 1.62. The molecule has 0 aliphatic carbocycles. The molecule has 0 N–H and O–H groups in total. The lowest BCUT2D eigenvalue weighted by Gasteiger charge is -2.08. The second kappa shape index (κ2) is 7.09. The van der Waals surface area contributed by atoms with Crippen LogP contribution in [0.1, 0.15) is 20.3 Å². The Kier molecular flexibility index (Phi) is 4.89. The lowest BCUT2D eigenvalue weighted by molar-refractivity contribution is 0.414. The third-order valence-electron chi connectivity index (χ3n) is 3.70. The minimum Gasteiger partial charge on any atom is -0.497 e. The second-order valence-electron chi connectivity index (χ2n) is 5.88. The van der Waals surface area contributed by atoms with E-state index in [2.05, 4.69) is 24.0 Å². The Morgan fingerprint density at radius 1 is 1.25 bits per heavy atom. The SMILES string of the molecule is COc1cccc(-n2ccn3c(SCCC(C)C)nnc3c2=O)c1. The molecular formula is C17H20N4O2S. The van der Waals surface area contributed by atoms with E-state index in [0.717, 1.165) is 23.0 Å². The normalized spacial score (nSPS) is 11.3. The summed E-state index contributed by atoms with van der Waals surface area (Å²) in [5.41, 5.74) is 0.861. The first-order valence-electron chi connectivity index (χ1n) is 7.83.